The number of nitrogens with zero attached hydrogens (tertiary/aromatic N) is 2. The number of aromatic nitrogens is 2. The molecule has 0 saturated heterocycles. The summed E-state index contributed by atoms with van der Waals surface area (Å²) in [6.45, 7) is 2.80. The minimum Gasteiger partial charge on any atom is -0.486 e. The number of hydrogen-bond donors (Lipinski definition) is 2. The maximum atomic E-state index is 12.3. The van der Waals surface area contributed by atoms with E-state index in [9.17, 15) is 4.79 Å². The minimum absolute atomic E-state index is 0.276. The van der Waals surface area contributed by atoms with E-state index in [1.807, 2.05) is 6.92 Å². The molecule has 0 saturated carbocycles. The van der Waals surface area contributed by atoms with E-state index in [0.717, 1.165) is 5.69 Å². The Morgan fingerprint density at radius 2 is 1.95 bits per heavy atom. The van der Waals surface area contributed by atoms with Crippen molar-refractivity contribution >= 4 is 17.3 Å². The average molecular weight is 288 g/mol. The van der Waals surface area contributed by atoms with E-state index in [1.165, 1.54) is 4.68 Å². The monoisotopic (exact) mass is 288 g/mol. The van der Waals surface area contributed by atoms with E-state index in [0.29, 0.717) is 41.8 Å². The third-order valence-corrected chi connectivity index (χ3v) is 3.20. The molecule has 3 rings (SSSR count). The van der Waals surface area contributed by atoms with Gasteiger partial charge in [0.05, 0.1) is 17.1 Å². The lowest BCUT2D eigenvalue weighted by Gasteiger charge is -2.20. The van der Waals surface area contributed by atoms with E-state index < -0.39 is 0 Å². The molecule has 1 aliphatic heterocycles. The molecule has 1 aliphatic rings. The zero-order valence-corrected chi connectivity index (χ0v) is 11.8. The summed E-state index contributed by atoms with van der Waals surface area (Å²) >= 11 is 0. The summed E-state index contributed by atoms with van der Waals surface area (Å²) in [6, 6.07) is 5.03. The van der Waals surface area contributed by atoms with Crippen LogP contribution in [0.2, 0.25) is 0 Å². The van der Waals surface area contributed by atoms with Gasteiger partial charge in [-0.2, -0.15) is 5.10 Å². The second-order valence-electron chi connectivity index (χ2n) is 4.83. The minimum atomic E-state index is -0.276. The highest BCUT2D eigenvalue weighted by Gasteiger charge is 2.18. The number of nitrogens with two attached hydrogens (primary N) is 1. The van der Waals surface area contributed by atoms with E-state index >= 15 is 0 Å². The lowest BCUT2D eigenvalue weighted by Crippen LogP contribution is -2.19. The number of benzene rings is 1. The molecule has 21 heavy (non-hydrogen) atoms. The molecular formula is C14H16N4O3. The molecule has 0 unspecified atom stereocenters. The molecule has 0 radical (unpaired) electrons. The number of nitrogens with one attached hydrogen (secondary N) is 1. The zero-order valence-electron chi connectivity index (χ0n) is 11.8. The molecule has 3 N–H and O–H groups in total. The largest absolute Gasteiger partial charge is 0.486 e. The lowest BCUT2D eigenvalue weighted by atomic mass is 10.2. The van der Waals surface area contributed by atoms with Gasteiger partial charge < -0.3 is 20.5 Å². The number of carbonyl (C=O) groups excluding carboxylic acids is 1. The average Bonchev–Trinajstić information content (AvgIpc) is 2.78. The molecule has 0 fully saturated rings. The number of rotatable bonds is 2. The fourth-order valence-electron chi connectivity index (χ4n) is 2.22. The molecular weight excluding hydrogens is 272 g/mol. The van der Waals surface area contributed by atoms with Crippen molar-refractivity contribution < 1.29 is 14.3 Å². The summed E-state index contributed by atoms with van der Waals surface area (Å²) in [6.07, 6.45) is 0. The van der Waals surface area contributed by atoms with Gasteiger partial charge in [0.15, 0.2) is 11.5 Å². The predicted molar refractivity (Wildman–Crippen MR) is 77.7 cm³/mol. The molecule has 0 aliphatic carbocycles. The van der Waals surface area contributed by atoms with Gasteiger partial charge in [-0.05, 0) is 13.0 Å². The highest BCUT2D eigenvalue weighted by molar-refractivity contribution is 6.05. The van der Waals surface area contributed by atoms with Crippen LogP contribution >= 0.6 is 0 Å². The Morgan fingerprint density at radius 1 is 1.29 bits per heavy atom. The Kier molecular flexibility index (Phi) is 3.17. The van der Waals surface area contributed by atoms with Crippen LogP contribution in [0.1, 0.15) is 16.2 Å². The van der Waals surface area contributed by atoms with Gasteiger partial charge in [-0.25, -0.2) is 0 Å². The Morgan fingerprint density at radius 3 is 2.57 bits per heavy atom. The smallest absolute Gasteiger partial charge is 0.273 e. The first-order valence-corrected chi connectivity index (χ1v) is 6.55. The number of fused-ring (bicyclic) bond motifs is 1. The maximum Gasteiger partial charge on any atom is 0.273 e. The van der Waals surface area contributed by atoms with E-state index in [-0.39, 0.29) is 5.91 Å². The van der Waals surface area contributed by atoms with Crippen molar-refractivity contribution in [2.24, 2.45) is 7.05 Å². The predicted octanol–water partition coefficient (Wildman–Crippen LogP) is 1.33. The van der Waals surface area contributed by atoms with Gasteiger partial charge in [0.2, 0.25) is 0 Å². The van der Waals surface area contributed by atoms with Gasteiger partial charge in [0.1, 0.15) is 18.9 Å². The molecule has 7 heteroatoms. The van der Waals surface area contributed by atoms with Crippen molar-refractivity contribution in [2.75, 3.05) is 24.3 Å². The SMILES string of the molecule is Cc1cc(C(=O)Nc2cc3c(cc2N)OCCO3)n(C)n1. The molecule has 2 heterocycles. The highest BCUT2D eigenvalue weighted by atomic mass is 16.6. The van der Waals surface area contributed by atoms with Crippen LogP contribution in [0, 0.1) is 6.92 Å². The van der Waals surface area contributed by atoms with Crippen molar-refractivity contribution in [3.8, 4) is 11.5 Å². The van der Waals surface area contributed by atoms with Crippen LogP contribution in [-0.2, 0) is 7.05 Å². The maximum absolute atomic E-state index is 12.3. The Balaban J connectivity index is 1.87. The Bertz CT molecular complexity index is 708. The molecule has 7 nitrogen and oxygen atoms in total. The first-order chi connectivity index (χ1) is 10.0. The molecule has 110 valence electrons. The number of hydrogen-bond acceptors (Lipinski definition) is 5. The zero-order chi connectivity index (χ0) is 15.0. The summed E-state index contributed by atoms with van der Waals surface area (Å²) in [5, 5.41) is 6.92. The molecule has 2 aromatic rings. The fraction of sp³-hybridized carbons (Fsp3) is 0.286. The quantitative estimate of drug-likeness (QED) is 0.814. The molecule has 1 amide bonds. The van der Waals surface area contributed by atoms with Gasteiger partial charge >= 0.3 is 0 Å². The van der Waals surface area contributed by atoms with E-state index in [2.05, 4.69) is 10.4 Å². The van der Waals surface area contributed by atoms with Crippen LogP contribution < -0.4 is 20.5 Å². The van der Waals surface area contributed by atoms with Crippen molar-refractivity contribution in [1.29, 1.82) is 0 Å². The lowest BCUT2D eigenvalue weighted by molar-refractivity contribution is 0.101. The number of carbonyl (C=O) groups is 1. The molecule has 0 atom stereocenters. The van der Waals surface area contributed by atoms with Crippen LogP contribution in [0.3, 0.4) is 0 Å². The van der Waals surface area contributed by atoms with Crippen LogP contribution in [0.5, 0.6) is 11.5 Å². The third-order valence-electron chi connectivity index (χ3n) is 3.20. The van der Waals surface area contributed by atoms with Gasteiger partial charge in [0.25, 0.3) is 5.91 Å². The summed E-state index contributed by atoms with van der Waals surface area (Å²) in [5.74, 6) is 0.890. The van der Waals surface area contributed by atoms with Crippen LogP contribution in [-0.4, -0.2) is 28.9 Å². The van der Waals surface area contributed by atoms with Gasteiger partial charge in [-0.15, -0.1) is 0 Å². The van der Waals surface area contributed by atoms with Crippen molar-refractivity contribution in [3.05, 3.63) is 29.6 Å². The second-order valence-corrected chi connectivity index (χ2v) is 4.83. The van der Waals surface area contributed by atoms with Gasteiger partial charge in [0, 0.05) is 19.2 Å². The molecule has 1 aromatic heterocycles. The number of nitrogen functional groups attached to an aromatic ring is 1. The molecule has 0 spiro atoms. The number of aryl methyl sites for hydroxylation is 2. The Labute approximate surface area is 121 Å². The van der Waals surface area contributed by atoms with Crippen LogP contribution in [0.4, 0.5) is 11.4 Å². The summed E-state index contributed by atoms with van der Waals surface area (Å²) in [5.41, 5.74) is 8.09. The van der Waals surface area contributed by atoms with E-state index in [4.69, 9.17) is 15.2 Å². The topological polar surface area (TPSA) is 91.4 Å². The Hall–Kier alpha value is -2.70. The van der Waals surface area contributed by atoms with Crippen LogP contribution in [0.15, 0.2) is 18.2 Å². The number of anilines is 2. The summed E-state index contributed by atoms with van der Waals surface area (Å²) in [4.78, 5) is 12.3. The number of ether oxygens (including phenoxy) is 2. The van der Waals surface area contributed by atoms with Crippen LogP contribution in [0.25, 0.3) is 0 Å². The highest BCUT2D eigenvalue weighted by Crippen LogP contribution is 2.37. The fourth-order valence-corrected chi connectivity index (χ4v) is 2.22. The first-order valence-electron chi connectivity index (χ1n) is 6.55. The first kappa shape index (κ1) is 13.3. The van der Waals surface area contributed by atoms with E-state index in [1.54, 1.807) is 25.2 Å². The van der Waals surface area contributed by atoms with Crippen molar-refractivity contribution in [3.63, 3.8) is 0 Å². The number of amides is 1. The summed E-state index contributed by atoms with van der Waals surface area (Å²) < 4.78 is 12.5. The van der Waals surface area contributed by atoms with Crippen molar-refractivity contribution in [2.45, 2.75) is 6.92 Å². The second kappa shape index (κ2) is 5.01. The standard InChI is InChI=1S/C14H16N4O3/c1-8-5-11(18(2)17-8)14(19)16-10-7-13-12(6-9(10)15)20-3-4-21-13/h5-7H,3-4,15H2,1-2H3,(H,16,19). The molecule has 1 aromatic carbocycles. The van der Waals surface area contributed by atoms with Crippen molar-refractivity contribution in [1.82, 2.24) is 9.78 Å². The third kappa shape index (κ3) is 2.49. The summed E-state index contributed by atoms with van der Waals surface area (Å²) in [7, 11) is 1.72. The van der Waals surface area contributed by atoms with Gasteiger partial charge in [-0.1, -0.05) is 0 Å². The molecule has 0 bridgehead atoms. The normalized spacial score (nSPS) is 13.0. The van der Waals surface area contributed by atoms with Gasteiger partial charge in [-0.3, -0.25) is 9.48 Å².